The van der Waals surface area contributed by atoms with Crippen molar-refractivity contribution in [1.82, 2.24) is 10.2 Å². The summed E-state index contributed by atoms with van der Waals surface area (Å²) in [6.45, 7) is -0.217. The number of imide groups is 1. The van der Waals surface area contributed by atoms with Crippen LogP contribution < -0.4 is 14.8 Å². The third-order valence-corrected chi connectivity index (χ3v) is 4.99. The maximum atomic E-state index is 13.9. The molecule has 0 atom stereocenters. The van der Waals surface area contributed by atoms with Crippen LogP contribution >= 0.6 is 0 Å². The Kier molecular flexibility index (Phi) is 6.30. The third-order valence-electron chi connectivity index (χ3n) is 4.99. The highest BCUT2D eigenvalue weighted by molar-refractivity contribution is 6.13. The molecule has 4 rings (SSSR count). The average molecular weight is 466 g/mol. The Labute approximate surface area is 193 Å². The van der Waals surface area contributed by atoms with E-state index in [1.165, 1.54) is 43.5 Å². The normalized spacial score (nSPS) is 14.4. The number of carboxylic acid groups (broad SMARTS) is 1. The van der Waals surface area contributed by atoms with E-state index in [0.29, 0.717) is 22.8 Å². The molecule has 0 unspecified atom stereocenters. The molecular formula is C24H19FN2O7. The first kappa shape index (κ1) is 22.6. The molecule has 9 nitrogen and oxygen atoms in total. The summed E-state index contributed by atoms with van der Waals surface area (Å²) in [4.78, 5) is 36.8. The second-order valence-electron chi connectivity index (χ2n) is 7.24. The van der Waals surface area contributed by atoms with Crippen LogP contribution in [0.5, 0.6) is 11.5 Å². The van der Waals surface area contributed by atoms with E-state index >= 15 is 0 Å². The monoisotopic (exact) mass is 466 g/mol. The van der Waals surface area contributed by atoms with E-state index in [1.807, 2.05) is 0 Å². The van der Waals surface area contributed by atoms with Gasteiger partial charge in [0.25, 0.3) is 5.91 Å². The van der Waals surface area contributed by atoms with E-state index in [0.717, 1.165) is 4.90 Å². The van der Waals surface area contributed by atoms with Gasteiger partial charge in [-0.05, 0) is 42.0 Å². The van der Waals surface area contributed by atoms with Gasteiger partial charge in [-0.15, -0.1) is 0 Å². The highest BCUT2D eigenvalue weighted by Gasteiger charge is 2.34. The van der Waals surface area contributed by atoms with Crippen LogP contribution in [-0.4, -0.2) is 35.0 Å². The van der Waals surface area contributed by atoms with Gasteiger partial charge in [-0.1, -0.05) is 24.3 Å². The molecule has 0 spiro atoms. The van der Waals surface area contributed by atoms with Crippen molar-refractivity contribution in [2.75, 3.05) is 7.11 Å². The molecule has 1 saturated heterocycles. The van der Waals surface area contributed by atoms with E-state index in [1.54, 1.807) is 24.3 Å². The van der Waals surface area contributed by atoms with Gasteiger partial charge in [-0.25, -0.2) is 14.0 Å². The molecule has 2 aromatic carbocycles. The Morgan fingerprint density at radius 3 is 2.65 bits per heavy atom. The number of methoxy groups -OCH3 is 1. The number of halogens is 1. The molecule has 0 saturated carbocycles. The molecule has 1 aliphatic heterocycles. The molecule has 34 heavy (non-hydrogen) atoms. The zero-order valence-corrected chi connectivity index (χ0v) is 17.9. The third kappa shape index (κ3) is 4.75. The molecule has 0 aliphatic carbocycles. The van der Waals surface area contributed by atoms with Crippen LogP contribution in [0.25, 0.3) is 6.08 Å². The van der Waals surface area contributed by atoms with Crippen molar-refractivity contribution >= 4 is 24.0 Å². The Morgan fingerprint density at radius 1 is 1.15 bits per heavy atom. The van der Waals surface area contributed by atoms with Gasteiger partial charge >= 0.3 is 12.0 Å². The summed E-state index contributed by atoms with van der Waals surface area (Å²) in [7, 11) is 1.44. The Balaban J connectivity index is 1.48. The fourth-order valence-electron chi connectivity index (χ4n) is 3.29. The molecule has 1 fully saturated rings. The molecule has 2 N–H and O–H groups in total. The van der Waals surface area contributed by atoms with Gasteiger partial charge in [0.05, 0.1) is 13.7 Å². The summed E-state index contributed by atoms with van der Waals surface area (Å²) >= 11 is 0. The summed E-state index contributed by atoms with van der Waals surface area (Å²) < 4.78 is 30.1. The first-order valence-corrected chi connectivity index (χ1v) is 10.1. The second-order valence-corrected chi connectivity index (χ2v) is 7.24. The number of nitrogens with zero attached hydrogens (tertiary/aromatic N) is 1. The quantitative estimate of drug-likeness (QED) is 0.383. The number of furan rings is 1. The van der Waals surface area contributed by atoms with E-state index in [4.69, 9.17) is 19.0 Å². The molecule has 10 heteroatoms. The summed E-state index contributed by atoms with van der Waals surface area (Å²) in [5.74, 6) is -1.43. The highest BCUT2D eigenvalue weighted by atomic mass is 19.1. The van der Waals surface area contributed by atoms with Crippen molar-refractivity contribution < 1.29 is 37.8 Å². The lowest BCUT2D eigenvalue weighted by atomic mass is 10.1. The van der Waals surface area contributed by atoms with Crippen molar-refractivity contribution in [3.8, 4) is 11.5 Å². The van der Waals surface area contributed by atoms with Gasteiger partial charge in [0.1, 0.15) is 23.9 Å². The number of hydrogen-bond donors (Lipinski definition) is 2. The predicted octanol–water partition coefficient (Wildman–Crippen LogP) is 3.80. The zero-order valence-electron chi connectivity index (χ0n) is 17.9. The number of benzene rings is 2. The molecule has 0 radical (unpaired) electrons. The number of carboxylic acids is 1. The molecule has 1 aromatic heterocycles. The maximum absolute atomic E-state index is 13.9. The van der Waals surface area contributed by atoms with Gasteiger partial charge < -0.3 is 24.3 Å². The van der Waals surface area contributed by atoms with E-state index in [-0.39, 0.29) is 30.2 Å². The Bertz CT molecular complexity index is 1300. The lowest BCUT2D eigenvalue weighted by Gasteiger charge is -2.12. The minimum Gasteiger partial charge on any atom is -0.493 e. The number of nitrogens with one attached hydrogen (secondary N) is 1. The number of rotatable bonds is 8. The van der Waals surface area contributed by atoms with Gasteiger partial charge in [0, 0.05) is 5.56 Å². The van der Waals surface area contributed by atoms with Crippen LogP contribution in [0, 0.1) is 5.82 Å². The summed E-state index contributed by atoms with van der Waals surface area (Å²) in [6.07, 6.45) is 1.47. The van der Waals surface area contributed by atoms with Gasteiger partial charge in [-0.2, -0.15) is 0 Å². The molecule has 2 heterocycles. The van der Waals surface area contributed by atoms with Gasteiger partial charge in [0.15, 0.2) is 11.5 Å². The largest absolute Gasteiger partial charge is 0.493 e. The first-order valence-electron chi connectivity index (χ1n) is 10.1. The molecular weight excluding hydrogens is 447 g/mol. The number of urea groups is 1. The van der Waals surface area contributed by atoms with Crippen molar-refractivity contribution in [2.24, 2.45) is 0 Å². The highest BCUT2D eigenvalue weighted by Crippen LogP contribution is 2.30. The Hall–Kier alpha value is -4.60. The standard InChI is InChI=1S/C24H19FN2O7/c1-32-21-11-14(6-8-19(21)33-13-16-7-9-20(34-16)23(29)30)10-18-22(28)27(24(31)26-18)12-15-4-2-3-5-17(15)25/h2-11H,12-13H2,1H3,(H,26,31)(H,29,30)/b18-10-. The number of ether oxygens (including phenoxy) is 2. The van der Waals surface area contributed by atoms with Crippen molar-refractivity contribution in [3.63, 3.8) is 0 Å². The molecule has 0 bridgehead atoms. The average Bonchev–Trinajstić information content (AvgIpc) is 3.40. The number of amides is 3. The molecule has 1 aliphatic rings. The topological polar surface area (TPSA) is 118 Å². The van der Waals surface area contributed by atoms with Crippen molar-refractivity contribution in [3.05, 3.63) is 88.8 Å². The molecule has 3 aromatic rings. The SMILES string of the molecule is COc1cc(/C=C2\NC(=O)N(Cc3ccccc3F)C2=O)ccc1OCc1ccc(C(=O)O)o1. The molecule has 174 valence electrons. The lowest BCUT2D eigenvalue weighted by Crippen LogP contribution is -2.30. The predicted molar refractivity (Wildman–Crippen MR) is 116 cm³/mol. The Morgan fingerprint density at radius 2 is 1.94 bits per heavy atom. The van der Waals surface area contributed by atoms with Crippen molar-refractivity contribution in [1.29, 1.82) is 0 Å². The number of carbonyl (C=O) groups excluding carboxylic acids is 2. The lowest BCUT2D eigenvalue weighted by molar-refractivity contribution is -0.123. The maximum Gasteiger partial charge on any atom is 0.371 e. The van der Waals surface area contributed by atoms with Crippen molar-refractivity contribution in [2.45, 2.75) is 13.2 Å². The summed E-state index contributed by atoms with van der Waals surface area (Å²) in [5, 5.41) is 11.4. The second kappa shape index (κ2) is 9.49. The minimum absolute atomic E-state index is 0.0242. The fourth-order valence-corrected chi connectivity index (χ4v) is 3.29. The fraction of sp³-hybridized carbons (Fsp3) is 0.125. The van der Waals surface area contributed by atoms with E-state index in [9.17, 15) is 18.8 Å². The van der Waals surface area contributed by atoms with Gasteiger partial charge in [-0.3, -0.25) is 9.69 Å². The number of hydrogen-bond acceptors (Lipinski definition) is 6. The van der Waals surface area contributed by atoms with Gasteiger partial charge in [0.2, 0.25) is 5.76 Å². The summed E-state index contributed by atoms with van der Waals surface area (Å²) in [5.41, 5.74) is 0.808. The summed E-state index contributed by atoms with van der Waals surface area (Å²) in [6, 6.07) is 13.0. The van der Waals surface area contributed by atoms with Crippen LogP contribution in [0.15, 0.2) is 64.7 Å². The van der Waals surface area contributed by atoms with Crippen LogP contribution in [0.1, 0.15) is 27.4 Å². The number of aromatic carboxylic acids is 1. The van der Waals surface area contributed by atoms with E-state index < -0.39 is 23.7 Å². The first-order chi connectivity index (χ1) is 16.4. The smallest absolute Gasteiger partial charge is 0.371 e. The van der Waals surface area contributed by atoms with Crippen LogP contribution in [-0.2, 0) is 17.9 Å². The van der Waals surface area contributed by atoms with E-state index in [2.05, 4.69) is 5.32 Å². The zero-order chi connectivity index (χ0) is 24.2. The molecule has 3 amide bonds. The van der Waals surface area contributed by atoms with Crippen LogP contribution in [0.4, 0.5) is 9.18 Å². The van der Waals surface area contributed by atoms with Crippen LogP contribution in [0.3, 0.4) is 0 Å². The van der Waals surface area contributed by atoms with Crippen LogP contribution in [0.2, 0.25) is 0 Å². The number of carbonyl (C=O) groups is 3. The minimum atomic E-state index is -1.18.